The number of nitrogens with one attached hydrogen (secondary N) is 1. The third-order valence-corrected chi connectivity index (χ3v) is 6.19. The molecule has 5 nitrogen and oxygen atoms in total. The van der Waals surface area contributed by atoms with E-state index in [0.717, 1.165) is 62.8 Å². The van der Waals surface area contributed by atoms with Crippen LogP contribution in [-0.2, 0) is 13.2 Å². The lowest BCUT2D eigenvalue weighted by atomic mass is 10.1. The average Bonchev–Trinajstić information content (AvgIpc) is 3.14. The van der Waals surface area contributed by atoms with Gasteiger partial charge in [0.15, 0.2) is 0 Å². The quantitative estimate of drug-likeness (QED) is 0.457. The van der Waals surface area contributed by atoms with E-state index in [2.05, 4.69) is 51.2 Å². The highest BCUT2D eigenvalue weighted by atomic mass is 35.5. The van der Waals surface area contributed by atoms with Crippen LogP contribution >= 0.6 is 11.6 Å². The first-order valence-electron chi connectivity index (χ1n) is 11.0. The number of nitrogens with zero attached hydrogens (tertiary/aromatic N) is 3. The van der Waals surface area contributed by atoms with Crippen molar-refractivity contribution in [2.24, 2.45) is 0 Å². The van der Waals surface area contributed by atoms with Crippen LogP contribution in [0.4, 0.5) is 0 Å². The number of imidazole rings is 1. The molecule has 160 valence electrons. The van der Waals surface area contributed by atoms with Crippen molar-refractivity contribution in [2.45, 2.75) is 19.6 Å². The van der Waals surface area contributed by atoms with Crippen molar-refractivity contribution in [1.29, 1.82) is 0 Å². The van der Waals surface area contributed by atoms with Crippen LogP contribution in [0.3, 0.4) is 0 Å². The van der Waals surface area contributed by atoms with Crippen LogP contribution in [0.2, 0.25) is 5.02 Å². The van der Waals surface area contributed by atoms with Crippen LogP contribution < -0.4 is 10.1 Å². The standard InChI is InChI=1S/C25H27ClN4O/c26-21-6-8-22(9-7-21)31-18-25-28-23-16-19-4-1-2-5-20(19)17-24(23)30(25)13-3-12-29-14-10-27-11-15-29/h1-2,4-9,16-17,27H,3,10-15,18H2. The lowest BCUT2D eigenvalue weighted by molar-refractivity contribution is 0.233. The first-order chi connectivity index (χ1) is 15.3. The monoisotopic (exact) mass is 434 g/mol. The number of rotatable bonds is 7. The molecule has 0 spiro atoms. The molecular weight excluding hydrogens is 408 g/mol. The van der Waals surface area contributed by atoms with Crippen LogP contribution in [0.1, 0.15) is 12.2 Å². The maximum atomic E-state index is 6.05. The lowest BCUT2D eigenvalue weighted by Crippen LogP contribution is -2.43. The van der Waals surface area contributed by atoms with Gasteiger partial charge in [-0.3, -0.25) is 0 Å². The Morgan fingerprint density at radius 3 is 2.45 bits per heavy atom. The number of halogens is 1. The molecular formula is C25H27ClN4O. The van der Waals surface area contributed by atoms with Gasteiger partial charge in [0.2, 0.25) is 0 Å². The number of hydrogen-bond donors (Lipinski definition) is 1. The molecule has 1 aliphatic rings. The van der Waals surface area contributed by atoms with E-state index in [1.165, 1.54) is 16.3 Å². The zero-order chi connectivity index (χ0) is 21.0. The Hall–Kier alpha value is -2.60. The van der Waals surface area contributed by atoms with Crippen LogP contribution in [-0.4, -0.2) is 47.2 Å². The minimum absolute atomic E-state index is 0.431. The molecule has 5 rings (SSSR count). The molecule has 0 unspecified atom stereocenters. The molecule has 0 atom stereocenters. The van der Waals surface area contributed by atoms with Gasteiger partial charge in [0.25, 0.3) is 0 Å². The number of benzene rings is 3. The van der Waals surface area contributed by atoms with Crippen LogP contribution in [0.25, 0.3) is 21.8 Å². The molecule has 1 saturated heterocycles. The summed E-state index contributed by atoms with van der Waals surface area (Å²) in [5.74, 6) is 1.76. The van der Waals surface area contributed by atoms with Gasteiger partial charge in [-0.1, -0.05) is 35.9 Å². The maximum absolute atomic E-state index is 6.05. The van der Waals surface area contributed by atoms with Gasteiger partial charge in [-0.05, 0) is 60.1 Å². The van der Waals surface area contributed by atoms with E-state index in [9.17, 15) is 0 Å². The van der Waals surface area contributed by atoms with Crippen molar-refractivity contribution in [3.8, 4) is 5.75 Å². The highest BCUT2D eigenvalue weighted by molar-refractivity contribution is 6.30. The van der Waals surface area contributed by atoms with E-state index in [1.807, 2.05) is 24.3 Å². The molecule has 2 heterocycles. The van der Waals surface area contributed by atoms with Gasteiger partial charge in [0.1, 0.15) is 18.2 Å². The molecule has 0 aliphatic carbocycles. The molecule has 0 saturated carbocycles. The SMILES string of the molecule is Clc1ccc(OCc2nc3cc4ccccc4cc3n2CCCN2CCNCC2)cc1. The fourth-order valence-corrected chi connectivity index (χ4v) is 4.41. The highest BCUT2D eigenvalue weighted by Crippen LogP contribution is 2.25. The fraction of sp³-hybridized carbons (Fsp3) is 0.320. The predicted molar refractivity (Wildman–Crippen MR) is 127 cm³/mol. The third kappa shape index (κ3) is 4.69. The fourth-order valence-electron chi connectivity index (χ4n) is 4.29. The zero-order valence-electron chi connectivity index (χ0n) is 17.6. The molecule has 3 aromatic carbocycles. The van der Waals surface area contributed by atoms with Gasteiger partial charge in [-0.2, -0.15) is 0 Å². The van der Waals surface area contributed by atoms with E-state index in [1.54, 1.807) is 0 Å². The minimum Gasteiger partial charge on any atom is -0.486 e. The predicted octanol–water partition coefficient (Wildman–Crippen LogP) is 4.72. The Morgan fingerprint density at radius 2 is 1.68 bits per heavy atom. The molecule has 0 bridgehead atoms. The first-order valence-corrected chi connectivity index (χ1v) is 11.3. The summed E-state index contributed by atoms with van der Waals surface area (Å²) < 4.78 is 8.38. The normalized spacial score (nSPS) is 15.0. The van der Waals surface area contributed by atoms with Gasteiger partial charge < -0.3 is 19.5 Å². The van der Waals surface area contributed by atoms with Crippen molar-refractivity contribution in [3.05, 3.63) is 71.5 Å². The lowest BCUT2D eigenvalue weighted by Gasteiger charge is -2.27. The summed E-state index contributed by atoms with van der Waals surface area (Å²) in [6.07, 6.45) is 1.09. The number of aromatic nitrogens is 2. The summed E-state index contributed by atoms with van der Waals surface area (Å²) in [4.78, 5) is 7.49. The molecule has 0 amide bonds. The van der Waals surface area contributed by atoms with E-state index in [-0.39, 0.29) is 0 Å². The van der Waals surface area contributed by atoms with Crippen LogP contribution in [0, 0.1) is 0 Å². The van der Waals surface area contributed by atoms with Crippen molar-refractivity contribution in [1.82, 2.24) is 19.8 Å². The number of piperazine rings is 1. The molecule has 4 aromatic rings. The molecule has 1 aromatic heterocycles. The van der Waals surface area contributed by atoms with Gasteiger partial charge in [0, 0.05) is 37.7 Å². The Labute approximate surface area is 187 Å². The zero-order valence-corrected chi connectivity index (χ0v) is 18.3. The second-order valence-corrected chi connectivity index (χ2v) is 8.49. The second kappa shape index (κ2) is 9.27. The van der Waals surface area contributed by atoms with Gasteiger partial charge in [-0.25, -0.2) is 4.98 Å². The van der Waals surface area contributed by atoms with Crippen molar-refractivity contribution in [3.63, 3.8) is 0 Å². The second-order valence-electron chi connectivity index (χ2n) is 8.06. The van der Waals surface area contributed by atoms with Crippen molar-refractivity contribution in [2.75, 3.05) is 32.7 Å². The average molecular weight is 435 g/mol. The van der Waals surface area contributed by atoms with Crippen LogP contribution in [0.5, 0.6) is 5.75 Å². The Bertz CT molecular complexity index is 1170. The summed E-state index contributed by atoms with van der Waals surface area (Å²) in [6, 6.07) is 20.4. The Kier molecular flexibility index (Phi) is 6.07. The summed E-state index contributed by atoms with van der Waals surface area (Å²) >= 11 is 6.00. The molecule has 0 radical (unpaired) electrons. The number of ether oxygens (including phenoxy) is 1. The highest BCUT2D eigenvalue weighted by Gasteiger charge is 2.14. The van der Waals surface area contributed by atoms with Gasteiger partial charge >= 0.3 is 0 Å². The Morgan fingerprint density at radius 1 is 0.935 bits per heavy atom. The van der Waals surface area contributed by atoms with E-state index in [0.29, 0.717) is 11.6 Å². The smallest absolute Gasteiger partial charge is 0.147 e. The first kappa shape index (κ1) is 20.3. The molecule has 1 fully saturated rings. The minimum atomic E-state index is 0.431. The van der Waals surface area contributed by atoms with E-state index >= 15 is 0 Å². The molecule has 1 N–H and O–H groups in total. The number of fused-ring (bicyclic) bond motifs is 2. The van der Waals surface area contributed by atoms with Crippen molar-refractivity contribution < 1.29 is 4.74 Å². The molecule has 1 aliphatic heterocycles. The van der Waals surface area contributed by atoms with Crippen molar-refractivity contribution >= 4 is 33.4 Å². The third-order valence-electron chi connectivity index (χ3n) is 5.94. The van der Waals surface area contributed by atoms with E-state index < -0.39 is 0 Å². The molecule has 31 heavy (non-hydrogen) atoms. The summed E-state index contributed by atoms with van der Waals surface area (Å²) in [5.41, 5.74) is 2.20. The number of hydrogen-bond acceptors (Lipinski definition) is 4. The van der Waals surface area contributed by atoms with Gasteiger partial charge in [0.05, 0.1) is 11.0 Å². The molecule has 6 heteroatoms. The largest absolute Gasteiger partial charge is 0.486 e. The van der Waals surface area contributed by atoms with E-state index in [4.69, 9.17) is 21.3 Å². The van der Waals surface area contributed by atoms with Crippen LogP contribution in [0.15, 0.2) is 60.7 Å². The number of aryl methyl sites for hydroxylation is 1. The maximum Gasteiger partial charge on any atom is 0.147 e. The summed E-state index contributed by atoms with van der Waals surface area (Å²) in [7, 11) is 0. The van der Waals surface area contributed by atoms with Gasteiger partial charge in [-0.15, -0.1) is 0 Å². The topological polar surface area (TPSA) is 42.3 Å². The Balaban J connectivity index is 1.41. The summed E-state index contributed by atoms with van der Waals surface area (Å²) in [6.45, 7) is 6.88. The summed E-state index contributed by atoms with van der Waals surface area (Å²) in [5, 5.41) is 6.58.